The summed E-state index contributed by atoms with van der Waals surface area (Å²) in [6.07, 6.45) is 3.88. The molecular weight excluding hydrogens is 348 g/mol. The van der Waals surface area contributed by atoms with Gasteiger partial charge >= 0.3 is 0 Å². The van der Waals surface area contributed by atoms with Crippen molar-refractivity contribution in [1.82, 2.24) is 4.31 Å². The van der Waals surface area contributed by atoms with Crippen LogP contribution in [0.15, 0.2) is 23.1 Å². The normalized spacial score (nSPS) is 31.9. The van der Waals surface area contributed by atoms with Crippen molar-refractivity contribution in [2.24, 2.45) is 29.6 Å². The number of amides is 1. The molecule has 1 unspecified atom stereocenters. The van der Waals surface area contributed by atoms with Gasteiger partial charge in [-0.05, 0) is 67.6 Å². The lowest BCUT2D eigenvalue weighted by atomic mass is 10.0. The lowest BCUT2D eigenvalue weighted by Crippen LogP contribution is -2.31. The zero-order valence-electron chi connectivity index (χ0n) is 15.7. The molecule has 1 amide bonds. The second kappa shape index (κ2) is 6.34. The summed E-state index contributed by atoms with van der Waals surface area (Å²) in [4.78, 5) is 13.0. The van der Waals surface area contributed by atoms with Gasteiger partial charge in [0.2, 0.25) is 15.9 Å². The molecule has 3 saturated carbocycles. The van der Waals surface area contributed by atoms with Crippen molar-refractivity contribution in [3.05, 3.63) is 23.8 Å². The first kappa shape index (κ1) is 18.0. The first-order valence-corrected chi connectivity index (χ1v) is 11.2. The highest BCUT2D eigenvalue weighted by Crippen LogP contribution is 2.69. The maximum atomic E-state index is 12.9. The number of hydrogen-bond acceptors (Lipinski definition) is 3. The molecule has 0 radical (unpaired) electrons. The molecule has 2 bridgehead atoms. The number of nitrogens with zero attached hydrogens (tertiary/aromatic N) is 1. The summed E-state index contributed by atoms with van der Waals surface area (Å²) < 4.78 is 27.2. The number of anilines is 1. The van der Waals surface area contributed by atoms with Gasteiger partial charge < -0.3 is 5.32 Å². The molecule has 4 rings (SSSR count). The van der Waals surface area contributed by atoms with E-state index in [-0.39, 0.29) is 16.7 Å². The Balaban J connectivity index is 1.53. The molecule has 6 heteroatoms. The second-order valence-corrected chi connectivity index (χ2v) is 9.98. The minimum Gasteiger partial charge on any atom is -0.326 e. The van der Waals surface area contributed by atoms with Crippen LogP contribution in [0.4, 0.5) is 5.69 Å². The molecule has 26 heavy (non-hydrogen) atoms. The predicted octanol–water partition coefficient (Wildman–Crippen LogP) is 3.26. The molecule has 5 nitrogen and oxygen atoms in total. The third-order valence-corrected chi connectivity index (χ3v) is 9.01. The maximum absolute atomic E-state index is 12.9. The molecule has 3 aliphatic carbocycles. The summed E-state index contributed by atoms with van der Waals surface area (Å²) in [7, 11) is -3.54. The van der Waals surface area contributed by atoms with Gasteiger partial charge in [-0.25, -0.2) is 8.42 Å². The molecule has 5 atom stereocenters. The smallest absolute Gasteiger partial charge is 0.243 e. The van der Waals surface area contributed by atoms with Gasteiger partial charge in [-0.2, -0.15) is 4.31 Å². The van der Waals surface area contributed by atoms with Crippen molar-refractivity contribution in [2.45, 2.75) is 44.9 Å². The van der Waals surface area contributed by atoms with Gasteiger partial charge in [0.15, 0.2) is 0 Å². The van der Waals surface area contributed by atoms with E-state index >= 15 is 0 Å². The van der Waals surface area contributed by atoms with Gasteiger partial charge in [-0.1, -0.05) is 19.9 Å². The summed E-state index contributed by atoms with van der Waals surface area (Å²) in [5.74, 6) is 2.88. The summed E-state index contributed by atoms with van der Waals surface area (Å²) in [6.45, 7) is 6.33. The van der Waals surface area contributed by atoms with Crippen LogP contribution in [0.2, 0.25) is 0 Å². The zero-order chi connectivity index (χ0) is 18.6. The Labute approximate surface area is 156 Å². The predicted molar refractivity (Wildman–Crippen MR) is 101 cm³/mol. The molecule has 1 aromatic carbocycles. The summed E-state index contributed by atoms with van der Waals surface area (Å²) >= 11 is 0. The molecule has 0 saturated heterocycles. The van der Waals surface area contributed by atoms with Gasteiger partial charge in [-0.15, -0.1) is 0 Å². The van der Waals surface area contributed by atoms with Crippen LogP contribution >= 0.6 is 0 Å². The monoisotopic (exact) mass is 376 g/mol. The average Bonchev–Trinajstić information content (AvgIpc) is 3.05. The van der Waals surface area contributed by atoms with Crippen LogP contribution in [-0.2, 0) is 14.8 Å². The molecule has 0 aliphatic heterocycles. The van der Waals surface area contributed by atoms with Crippen LogP contribution in [0, 0.1) is 36.5 Å². The molecule has 0 spiro atoms. The zero-order valence-corrected chi connectivity index (χ0v) is 16.6. The fourth-order valence-corrected chi connectivity index (χ4v) is 7.27. The fourth-order valence-electron chi connectivity index (χ4n) is 5.56. The van der Waals surface area contributed by atoms with E-state index in [1.165, 1.54) is 23.6 Å². The van der Waals surface area contributed by atoms with E-state index < -0.39 is 10.0 Å². The number of hydrogen-bond donors (Lipinski definition) is 1. The standard InChI is InChI=1S/C20H28N2O3S/c1-4-22(5-2)26(24,25)16-11-15(9-6-12(16)3)21-20(23)19-17-13-7-8-14(10-13)18(17)19/h6,9,11,13-14,17-19H,4-5,7-8,10H2,1-3H3,(H,21,23)/t13-,14-,17-,18+,19?/m0/s1. The molecule has 1 aromatic rings. The number of nitrogens with one attached hydrogen (secondary N) is 1. The third-order valence-electron chi connectivity index (χ3n) is 6.82. The molecule has 3 fully saturated rings. The van der Waals surface area contributed by atoms with Crippen molar-refractivity contribution in [2.75, 3.05) is 18.4 Å². The largest absolute Gasteiger partial charge is 0.326 e. The first-order chi connectivity index (χ1) is 12.4. The molecule has 142 valence electrons. The Kier molecular flexibility index (Phi) is 4.39. The van der Waals surface area contributed by atoms with Crippen LogP contribution in [0.1, 0.15) is 38.7 Å². The lowest BCUT2D eigenvalue weighted by Gasteiger charge is -2.20. The lowest BCUT2D eigenvalue weighted by molar-refractivity contribution is -0.118. The summed E-state index contributed by atoms with van der Waals surface area (Å²) in [5, 5.41) is 2.99. The van der Waals surface area contributed by atoms with Gasteiger partial charge in [0.05, 0.1) is 4.90 Å². The van der Waals surface area contributed by atoms with E-state index in [9.17, 15) is 13.2 Å². The Morgan fingerprint density at radius 2 is 1.77 bits per heavy atom. The molecular formula is C20H28N2O3S. The number of carbonyl (C=O) groups excluding carboxylic acids is 1. The van der Waals surface area contributed by atoms with Crippen LogP contribution < -0.4 is 5.32 Å². The molecule has 0 aromatic heterocycles. The average molecular weight is 377 g/mol. The van der Waals surface area contributed by atoms with E-state index in [1.807, 2.05) is 13.8 Å². The van der Waals surface area contributed by atoms with Crippen molar-refractivity contribution in [3.63, 3.8) is 0 Å². The minimum atomic E-state index is -3.54. The number of benzene rings is 1. The fraction of sp³-hybridized carbons (Fsp3) is 0.650. The Hall–Kier alpha value is -1.40. The van der Waals surface area contributed by atoms with Gasteiger partial charge in [0.25, 0.3) is 0 Å². The van der Waals surface area contributed by atoms with Gasteiger partial charge in [0, 0.05) is 24.7 Å². The van der Waals surface area contributed by atoms with Crippen LogP contribution in [0.5, 0.6) is 0 Å². The van der Waals surface area contributed by atoms with E-state index in [1.54, 1.807) is 25.1 Å². The Morgan fingerprint density at radius 3 is 2.35 bits per heavy atom. The van der Waals surface area contributed by atoms with Crippen molar-refractivity contribution in [1.29, 1.82) is 0 Å². The van der Waals surface area contributed by atoms with Crippen molar-refractivity contribution in [3.8, 4) is 0 Å². The van der Waals surface area contributed by atoms with Crippen molar-refractivity contribution < 1.29 is 13.2 Å². The highest BCUT2D eigenvalue weighted by molar-refractivity contribution is 7.89. The highest BCUT2D eigenvalue weighted by Gasteiger charge is 2.67. The quantitative estimate of drug-likeness (QED) is 0.829. The Morgan fingerprint density at radius 1 is 1.15 bits per heavy atom. The summed E-state index contributed by atoms with van der Waals surface area (Å²) in [5.41, 5.74) is 1.29. The highest BCUT2D eigenvalue weighted by atomic mass is 32.2. The topological polar surface area (TPSA) is 66.5 Å². The van der Waals surface area contributed by atoms with Gasteiger partial charge in [-0.3, -0.25) is 4.79 Å². The van der Waals surface area contributed by atoms with Crippen molar-refractivity contribution >= 4 is 21.6 Å². The Bertz CT molecular complexity index is 815. The van der Waals surface area contributed by atoms with E-state index in [0.29, 0.717) is 36.2 Å². The van der Waals surface area contributed by atoms with Gasteiger partial charge in [0.1, 0.15) is 0 Å². The number of carbonyl (C=O) groups is 1. The third kappa shape index (κ3) is 2.69. The van der Waals surface area contributed by atoms with E-state index in [4.69, 9.17) is 0 Å². The second-order valence-electron chi connectivity index (χ2n) is 8.07. The summed E-state index contributed by atoms with van der Waals surface area (Å²) in [6, 6.07) is 5.21. The molecule has 1 N–H and O–H groups in total. The number of fused-ring (bicyclic) bond motifs is 5. The first-order valence-electron chi connectivity index (χ1n) is 9.80. The van der Waals surface area contributed by atoms with E-state index in [0.717, 1.165) is 11.8 Å². The number of aryl methyl sites for hydroxylation is 1. The van der Waals surface area contributed by atoms with Crippen LogP contribution in [-0.4, -0.2) is 31.7 Å². The van der Waals surface area contributed by atoms with Crippen LogP contribution in [0.25, 0.3) is 0 Å². The molecule has 3 aliphatic rings. The molecule has 0 heterocycles. The number of sulfonamides is 1. The maximum Gasteiger partial charge on any atom is 0.243 e. The minimum absolute atomic E-state index is 0.0756. The van der Waals surface area contributed by atoms with Crippen LogP contribution in [0.3, 0.4) is 0 Å². The SMILES string of the molecule is CCN(CC)S(=O)(=O)c1cc(NC(=O)C2[C@@H]3[C@H]4CC[C@@H](C4)[C@H]23)ccc1C. The van der Waals surface area contributed by atoms with E-state index in [2.05, 4.69) is 5.32 Å². The number of rotatable bonds is 6.